The number of hydrogen-bond donors (Lipinski definition) is 0. The van der Waals surface area contributed by atoms with Gasteiger partial charge in [-0.25, -0.2) is 0 Å². The molecule has 1 aromatic carbocycles. The van der Waals surface area contributed by atoms with Gasteiger partial charge in [-0.1, -0.05) is 6.07 Å². The third kappa shape index (κ3) is 3.39. The van der Waals surface area contributed by atoms with E-state index in [1.807, 2.05) is 12.1 Å². The standard InChI is InChI=1S/C15H20N2O2/c1-17-9-4-6-13(8-10-17)19-15-12(11-16)5-3-7-14(15)18-2/h3,5,7,13H,4,6,8-10H2,1-2H3. The van der Waals surface area contributed by atoms with E-state index in [9.17, 15) is 5.26 Å². The summed E-state index contributed by atoms with van der Waals surface area (Å²) < 4.78 is 11.3. The predicted octanol–water partition coefficient (Wildman–Crippen LogP) is 2.43. The van der Waals surface area contributed by atoms with E-state index in [-0.39, 0.29) is 6.10 Å². The van der Waals surface area contributed by atoms with Crippen LogP contribution in [0.2, 0.25) is 0 Å². The molecule has 1 aliphatic heterocycles. The van der Waals surface area contributed by atoms with Crippen molar-refractivity contribution < 1.29 is 9.47 Å². The summed E-state index contributed by atoms with van der Waals surface area (Å²) in [6.45, 7) is 2.14. The highest BCUT2D eigenvalue weighted by Gasteiger charge is 2.19. The van der Waals surface area contributed by atoms with Crippen LogP contribution in [0.5, 0.6) is 11.5 Å². The maximum atomic E-state index is 9.17. The van der Waals surface area contributed by atoms with Crippen molar-refractivity contribution in [3.63, 3.8) is 0 Å². The molecule has 1 aliphatic rings. The lowest BCUT2D eigenvalue weighted by Gasteiger charge is -2.19. The van der Waals surface area contributed by atoms with Crippen LogP contribution >= 0.6 is 0 Å². The zero-order valence-electron chi connectivity index (χ0n) is 11.6. The normalized spacial score (nSPS) is 20.4. The van der Waals surface area contributed by atoms with Crippen LogP contribution in [0.25, 0.3) is 0 Å². The van der Waals surface area contributed by atoms with E-state index in [1.54, 1.807) is 13.2 Å². The molecule has 1 aromatic rings. The van der Waals surface area contributed by atoms with E-state index >= 15 is 0 Å². The second-order valence-corrected chi connectivity index (χ2v) is 4.92. The maximum Gasteiger partial charge on any atom is 0.179 e. The number of rotatable bonds is 3. The van der Waals surface area contributed by atoms with Crippen molar-refractivity contribution in [3.8, 4) is 17.6 Å². The number of ether oxygens (including phenoxy) is 2. The second-order valence-electron chi connectivity index (χ2n) is 4.92. The number of nitrogens with zero attached hydrogens (tertiary/aromatic N) is 2. The highest BCUT2D eigenvalue weighted by atomic mass is 16.5. The van der Waals surface area contributed by atoms with Crippen LogP contribution in [0.1, 0.15) is 24.8 Å². The molecule has 0 aromatic heterocycles. The molecule has 0 amide bonds. The first-order valence-corrected chi connectivity index (χ1v) is 6.67. The van der Waals surface area contributed by atoms with E-state index in [4.69, 9.17) is 9.47 Å². The van der Waals surface area contributed by atoms with Gasteiger partial charge in [0, 0.05) is 6.54 Å². The van der Waals surface area contributed by atoms with Gasteiger partial charge in [0.2, 0.25) is 0 Å². The molecule has 0 bridgehead atoms. The summed E-state index contributed by atoms with van der Waals surface area (Å²) in [5.41, 5.74) is 0.539. The van der Waals surface area contributed by atoms with Gasteiger partial charge in [-0.15, -0.1) is 0 Å². The smallest absolute Gasteiger partial charge is 0.179 e. The summed E-state index contributed by atoms with van der Waals surface area (Å²) in [5.74, 6) is 1.22. The molecule has 1 fully saturated rings. The molecule has 0 aliphatic carbocycles. The summed E-state index contributed by atoms with van der Waals surface area (Å²) in [6.07, 6.45) is 3.29. The Bertz CT molecular complexity index is 468. The Morgan fingerprint density at radius 3 is 2.89 bits per heavy atom. The minimum atomic E-state index is 0.161. The summed E-state index contributed by atoms with van der Waals surface area (Å²) in [6, 6.07) is 7.58. The monoisotopic (exact) mass is 260 g/mol. The van der Waals surface area contributed by atoms with Gasteiger partial charge in [0.15, 0.2) is 11.5 Å². The van der Waals surface area contributed by atoms with Crippen molar-refractivity contribution >= 4 is 0 Å². The third-order valence-electron chi connectivity index (χ3n) is 3.50. The van der Waals surface area contributed by atoms with E-state index in [2.05, 4.69) is 18.0 Å². The van der Waals surface area contributed by atoms with Gasteiger partial charge >= 0.3 is 0 Å². The van der Waals surface area contributed by atoms with Crippen LogP contribution < -0.4 is 9.47 Å². The first kappa shape index (κ1) is 13.7. The van der Waals surface area contributed by atoms with Crippen LogP contribution in [0.4, 0.5) is 0 Å². The zero-order valence-corrected chi connectivity index (χ0v) is 11.6. The molecule has 0 N–H and O–H groups in total. The Labute approximate surface area is 114 Å². The quantitative estimate of drug-likeness (QED) is 0.837. The van der Waals surface area contributed by atoms with Crippen molar-refractivity contribution in [2.45, 2.75) is 25.4 Å². The fourth-order valence-electron chi connectivity index (χ4n) is 2.38. The first-order chi connectivity index (χ1) is 9.24. The highest BCUT2D eigenvalue weighted by molar-refractivity contribution is 5.52. The lowest BCUT2D eigenvalue weighted by Crippen LogP contribution is -2.22. The van der Waals surface area contributed by atoms with Gasteiger partial charge in [0.25, 0.3) is 0 Å². The van der Waals surface area contributed by atoms with Crippen LogP contribution in [0.15, 0.2) is 18.2 Å². The summed E-state index contributed by atoms with van der Waals surface area (Å²) in [7, 11) is 3.73. The van der Waals surface area contributed by atoms with E-state index < -0.39 is 0 Å². The number of nitriles is 1. The largest absolute Gasteiger partial charge is 0.493 e. The first-order valence-electron chi connectivity index (χ1n) is 6.67. The van der Waals surface area contributed by atoms with E-state index in [0.29, 0.717) is 17.1 Å². The molecule has 0 saturated carbocycles. The number of likely N-dealkylation sites (tertiary alicyclic amines) is 1. The Kier molecular flexibility index (Phi) is 4.64. The van der Waals surface area contributed by atoms with Crippen molar-refractivity contribution in [1.82, 2.24) is 4.90 Å². The summed E-state index contributed by atoms with van der Waals surface area (Å²) in [5, 5.41) is 9.17. The Morgan fingerprint density at radius 2 is 2.16 bits per heavy atom. The van der Waals surface area contributed by atoms with Crippen molar-refractivity contribution in [2.24, 2.45) is 0 Å². The van der Waals surface area contributed by atoms with Crippen molar-refractivity contribution in [3.05, 3.63) is 23.8 Å². The van der Waals surface area contributed by atoms with Crippen molar-refractivity contribution in [1.29, 1.82) is 5.26 Å². The molecular formula is C15H20N2O2. The Morgan fingerprint density at radius 1 is 1.32 bits per heavy atom. The van der Waals surface area contributed by atoms with Crippen LogP contribution in [-0.4, -0.2) is 38.3 Å². The molecule has 102 valence electrons. The topological polar surface area (TPSA) is 45.5 Å². The van der Waals surface area contributed by atoms with Gasteiger partial charge in [-0.2, -0.15) is 5.26 Å². The SMILES string of the molecule is COc1cccc(C#N)c1OC1CCCN(C)CC1. The number of hydrogen-bond acceptors (Lipinski definition) is 4. The van der Waals surface area contributed by atoms with Gasteiger partial charge in [0.1, 0.15) is 12.2 Å². The molecule has 2 rings (SSSR count). The minimum Gasteiger partial charge on any atom is -0.493 e. The minimum absolute atomic E-state index is 0.161. The molecule has 1 atom stereocenters. The highest BCUT2D eigenvalue weighted by Crippen LogP contribution is 2.32. The fraction of sp³-hybridized carbons (Fsp3) is 0.533. The Balaban J connectivity index is 2.16. The summed E-state index contributed by atoms with van der Waals surface area (Å²) >= 11 is 0. The van der Waals surface area contributed by atoms with Gasteiger partial charge < -0.3 is 14.4 Å². The predicted molar refractivity (Wildman–Crippen MR) is 73.5 cm³/mol. The number of methoxy groups -OCH3 is 1. The van der Waals surface area contributed by atoms with Gasteiger partial charge in [0.05, 0.1) is 12.7 Å². The van der Waals surface area contributed by atoms with Gasteiger partial charge in [-0.3, -0.25) is 0 Å². The summed E-state index contributed by atoms with van der Waals surface area (Å²) in [4.78, 5) is 2.32. The molecule has 1 saturated heterocycles. The lowest BCUT2D eigenvalue weighted by molar-refractivity contribution is 0.175. The van der Waals surface area contributed by atoms with E-state index in [1.165, 1.54) is 0 Å². The van der Waals surface area contributed by atoms with Crippen LogP contribution in [-0.2, 0) is 0 Å². The molecule has 0 spiro atoms. The lowest BCUT2D eigenvalue weighted by atomic mass is 10.1. The van der Waals surface area contributed by atoms with E-state index in [0.717, 1.165) is 32.4 Å². The average molecular weight is 260 g/mol. The number of benzene rings is 1. The fourth-order valence-corrected chi connectivity index (χ4v) is 2.38. The van der Waals surface area contributed by atoms with Crippen molar-refractivity contribution in [2.75, 3.05) is 27.2 Å². The third-order valence-corrected chi connectivity index (χ3v) is 3.50. The molecule has 0 radical (unpaired) electrons. The molecule has 1 heterocycles. The average Bonchev–Trinajstić information content (AvgIpc) is 2.64. The zero-order chi connectivity index (χ0) is 13.7. The molecular weight excluding hydrogens is 240 g/mol. The molecule has 1 unspecified atom stereocenters. The van der Waals surface area contributed by atoms with Crippen LogP contribution in [0.3, 0.4) is 0 Å². The second kappa shape index (κ2) is 6.44. The molecule has 4 nitrogen and oxygen atoms in total. The van der Waals surface area contributed by atoms with Gasteiger partial charge in [-0.05, 0) is 45.0 Å². The molecule has 4 heteroatoms. The number of para-hydroxylation sites is 1. The maximum absolute atomic E-state index is 9.17. The van der Waals surface area contributed by atoms with Crippen LogP contribution in [0, 0.1) is 11.3 Å². The Hall–Kier alpha value is -1.73. The molecule has 19 heavy (non-hydrogen) atoms.